The van der Waals surface area contributed by atoms with Gasteiger partial charge >= 0.3 is 0 Å². The quantitative estimate of drug-likeness (QED) is 0.931. The molecule has 5 nitrogen and oxygen atoms in total. The van der Waals surface area contributed by atoms with Gasteiger partial charge in [0.2, 0.25) is 0 Å². The lowest BCUT2D eigenvalue weighted by Crippen LogP contribution is -2.50. The smallest absolute Gasteiger partial charge is 0.272 e. The van der Waals surface area contributed by atoms with Crippen molar-refractivity contribution in [2.75, 3.05) is 6.61 Å². The molecule has 1 aliphatic rings. The first-order valence-electron chi connectivity index (χ1n) is 6.80. The zero-order valence-electron chi connectivity index (χ0n) is 12.2. The van der Waals surface area contributed by atoms with Crippen LogP contribution in [0.5, 0.6) is 0 Å². The van der Waals surface area contributed by atoms with Crippen LogP contribution in [0.2, 0.25) is 5.02 Å². The average Bonchev–Trinajstić information content (AvgIpc) is 2.69. The first-order valence-corrected chi connectivity index (χ1v) is 7.18. The van der Waals surface area contributed by atoms with Gasteiger partial charge < -0.3 is 10.1 Å². The number of hydrogen-bond acceptors (Lipinski definition) is 4. The third-order valence-electron chi connectivity index (χ3n) is 3.78. The van der Waals surface area contributed by atoms with E-state index in [1.54, 1.807) is 0 Å². The summed E-state index contributed by atoms with van der Waals surface area (Å²) in [6, 6.07) is 0. The van der Waals surface area contributed by atoms with Crippen molar-refractivity contribution in [2.24, 2.45) is 0 Å². The van der Waals surface area contributed by atoms with Crippen LogP contribution in [0.1, 0.15) is 56.3 Å². The number of carbonyl (C=O) groups is 1. The van der Waals surface area contributed by atoms with Gasteiger partial charge in [-0.05, 0) is 20.3 Å². The molecule has 2 rings (SSSR count). The molecular weight excluding hydrogens is 278 g/mol. The number of aromatic nitrogens is 2. The van der Waals surface area contributed by atoms with E-state index in [2.05, 4.69) is 15.3 Å². The molecule has 1 fully saturated rings. The van der Waals surface area contributed by atoms with Gasteiger partial charge in [-0.3, -0.25) is 4.79 Å². The standard InChI is InChI=1S/C14H20ClN3O2/c1-8(2)12-16-7-10(15)11(17-12)13(19)18-14(4)5-6-20-9(14)3/h7-9H,5-6H2,1-4H3,(H,18,19). The number of nitrogens with one attached hydrogen (secondary N) is 1. The number of carbonyl (C=O) groups excluding carboxylic acids is 1. The van der Waals surface area contributed by atoms with E-state index in [1.165, 1.54) is 6.20 Å². The molecule has 0 spiro atoms. The predicted molar refractivity (Wildman–Crippen MR) is 77.0 cm³/mol. The van der Waals surface area contributed by atoms with Crippen LogP contribution in [0, 0.1) is 0 Å². The molecule has 2 unspecified atom stereocenters. The van der Waals surface area contributed by atoms with Crippen LogP contribution in [0.15, 0.2) is 6.20 Å². The molecule has 0 saturated carbocycles. The third kappa shape index (κ3) is 2.94. The van der Waals surface area contributed by atoms with Gasteiger partial charge in [-0.25, -0.2) is 9.97 Å². The van der Waals surface area contributed by atoms with Crippen LogP contribution < -0.4 is 5.32 Å². The van der Waals surface area contributed by atoms with Crippen LogP contribution >= 0.6 is 11.6 Å². The number of amides is 1. The fourth-order valence-electron chi connectivity index (χ4n) is 2.14. The van der Waals surface area contributed by atoms with E-state index < -0.39 is 0 Å². The average molecular weight is 298 g/mol. The van der Waals surface area contributed by atoms with Crippen LogP contribution in [0.25, 0.3) is 0 Å². The molecule has 0 bridgehead atoms. The van der Waals surface area contributed by atoms with Crippen molar-refractivity contribution in [3.05, 3.63) is 22.7 Å². The van der Waals surface area contributed by atoms with Gasteiger partial charge in [0.25, 0.3) is 5.91 Å². The van der Waals surface area contributed by atoms with E-state index in [1.807, 2.05) is 27.7 Å². The van der Waals surface area contributed by atoms with E-state index >= 15 is 0 Å². The molecule has 0 radical (unpaired) electrons. The highest BCUT2D eigenvalue weighted by atomic mass is 35.5. The lowest BCUT2D eigenvalue weighted by atomic mass is 9.94. The minimum Gasteiger partial charge on any atom is -0.376 e. The Hall–Kier alpha value is -1.20. The Kier molecular flexibility index (Phi) is 4.30. The molecule has 2 atom stereocenters. The maximum absolute atomic E-state index is 12.4. The molecule has 1 aliphatic heterocycles. The molecule has 2 heterocycles. The SMILES string of the molecule is CC(C)c1ncc(Cl)c(C(=O)NC2(C)CCOC2C)n1. The summed E-state index contributed by atoms with van der Waals surface area (Å²) in [5.74, 6) is 0.475. The van der Waals surface area contributed by atoms with Crippen LogP contribution in [-0.4, -0.2) is 34.1 Å². The summed E-state index contributed by atoms with van der Waals surface area (Å²) in [6.45, 7) is 8.51. The Labute approximate surface area is 124 Å². The maximum Gasteiger partial charge on any atom is 0.272 e. The van der Waals surface area contributed by atoms with Gasteiger partial charge in [0, 0.05) is 12.5 Å². The molecule has 20 heavy (non-hydrogen) atoms. The van der Waals surface area contributed by atoms with Gasteiger partial charge in [-0.1, -0.05) is 25.4 Å². The Morgan fingerprint density at radius 1 is 1.60 bits per heavy atom. The first kappa shape index (κ1) is 15.2. The molecule has 1 saturated heterocycles. The molecule has 110 valence electrons. The summed E-state index contributed by atoms with van der Waals surface area (Å²) in [5.41, 5.74) is -0.158. The highest BCUT2D eigenvalue weighted by Crippen LogP contribution is 2.26. The summed E-state index contributed by atoms with van der Waals surface area (Å²) >= 11 is 6.05. The highest BCUT2D eigenvalue weighted by molar-refractivity contribution is 6.33. The first-order chi connectivity index (χ1) is 9.33. The molecule has 0 aliphatic carbocycles. The Balaban J connectivity index is 2.23. The summed E-state index contributed by atoms with van der Waals surface area (Å²) in [4.78, 5) is 20.8. The number of rotatable bonds is 3. The van der Waals surface area contributed by atoms with Crippen molar-refractivity contribution >= 4 is 17.5 Å². The van der Waals surface area contributed by atoms with Gasteiger partial charge in [-0.15, -0.1) is 0 Å². The second kappa shape index (κ2) is 5.66. The molecule has 1 aromatic heterocycles. The number of nitrogens with zero attached hydrogens (tertiary/aromatic N) is 2. The van der Waals surface area contributed by atoms with Crippen LogP contribution in [0.3, 0.4) is 0 Å². The number of hydrogen-bond donors (Lipinski definition) is 1. The van der Waals surface area contributed by atoms with Crippen molar-refractivity contribution in [2.45, 2.75) is 51.7 Å². The van der Waals surface area contributed by atoms with E-state index in [4.69, 9.17) is 16.3 Å². The van der Waals surface area contributed by atoms with Gasteiger partial charge in [-0.2, -0.15) is 0 Å². The summed E-state index contributed by atoms with van der Waals surface area (Å²) in [5, 5.41) is 3.26. The van der Waals surface area contributed by atoms with Crippen molar-refractivity contribution in [3.8, 4) is 0 Å². The fraction of sp³-hybridized carbons (Fsp3) is 0.643. The van der Waals surface area contributed by atoms with Crippen LogP contribution in [0.4, 0.5) is 0 Å². The number of halogens is 1. The van der Waals surface area contributed by atoms with Crippen molar-refractivity contribution < 1.29 is 9.53 Å². The Morgan fingerprint density at radius 3 is 2.85 bits per heavy atom. The second-order valence-electron chi connectivity index (χ2n) is 5.71. The summed E-state index contributed by atoms with van der Waals surface area (Å²) in [7, 11) is 0. The van der Waals surface area contributed by atoms with Crippen molar-refractivity contribution in [1.82, 2.24) is 15.3 Å². The largest absolute Gasteiger partial charge is 0.376 e. The van der Waals surface area contributed by atoms with Crippen molar-refractivity contribution in [3.63, 3.8) is 0 Å². The second-order valence-corrected chi connectivity index (χ2v) is 6.12. The summed E-state index contributed by atoms with van der Waals surface area (Å²) in [6.07, 6.45) is 2.23. The molecule has 0 aromatic carbocycles. The zero-order chi connectivity index (χ0) is 14.9. The van der Waals surface area contributed by atoms with E-state index in [9.17, 15) is 4.79 Å². The zero-order valence-corrected chi connectivity index (χ0v) is 13.0. The van der Waals surface area contributed by atoms with Gasteiger partial charge in [0.1, 0.15) is 11.5 Å². The van der Waals surface area contributed by atoms with E-state index in [-0.39, 0.29) is 34.2 Å². The molecule has 6 heteroatoms. The molecular formula is C14H20ClN3O2. The summed E-state index contributed by atoms with van der Waals surface area (Å²) < 4.78 is 5.52. The lowest BCUT2D eigenvalue weighted by molar-refractivity contribution is 0.0724. The Morgan fingerprint density at radius 2 is 2.30 bits per heavy atom. The molecule has 1 amide bonds. The molecule has 1 aromatic rings. The van der Waals surface area contributed by atoms with Gasteiger partial charge in [0.15, 0.2) is 0 Å². The third-order valence-corrected chi connectivity index (χ3v) is 4.06. The van der Waals surface area contributed by atoms with Gasteiger partial charge in [0.05, 0.1) is 22.9 Å². The topological polar surface area (TPSA) is 64.1 Å². The van der Waals surface area contributed by atoms with Crippen LogP contribution in [-0.2, 0) is 4.74 Å². The monoisotopic (exact) mass is 297 g/mol. The van der Waals surface area contributed by atoms with Crippen molar-refractivity contribution in [1.29, 1.82) is 0 Å². The van der Waals surface area contributed by atoms with E-state index in [0.29, 0.717) is 12.4 Å². The minimum absolute atomic E-state index is 0.0309. The normalized spacial score (nSPS) is 26.0. The predicted octanol–water partition coefficient (Wildman–Crippen LogP) is 2.55. The lowest BCUT2D eigenvalue weighted by Gasteiger charge is -2.28. The fourth-order valence-corrected chi connectivity index (χ4v) is 2.31. The maximum atomic E-state index is 12.4. The molecule has 1 N–H and O–H groups in total. The van der Waals surface area contributed by atoms with E-state index in [0.717, 1.165) is 6.42 Å². The number of ether oxygens (including phenoxy) is 1. The highest BCUT2D eigenvalue weighted by Gasteiger charge is 2.39. The Bertz CT molecular complexity index is 521. The minimum atomic E-state index is -0.386.